The molecule has 0 aliphatic rings. The SMILES string of the molecule is Cc1ccc2nc(-c3cccc(NC(=O)/C=C/c4ccc([N+](=O)[O-])s4)c3)cn2c1. The van der Waals surface area contributed by atoms with Crippen LogP contribution in [-0.2, 0) is 4.79 Å². The molecule has 1 N–H and O–H groups in total. The molecular weight excluding hydrogens is 388 g/mol. The molecule has 0 saturated carbocycles. The van der Waals surface area contributed by atoms with Crippen molar-refractivity contribution in [3.05, 3.63) is 87.6 Å². The maximum Gasteiger partial charge on any atom is 0.324 e. The number of rotatable bonds is 5. The van der Waals surface area contributed by atoms with Crippen LogP contribution in [0, 0.1) is 17.0 Å². The highest BCUT2D eigenvalue weighted by Gasteiger charge is 2.09. The van der Waals surface area contributed by atoms with Crippen LogP contribution in [0.15, 0.2) is 67.0 Å². The van der Waals surface area contributed by atoms with Crippen LogP contribution >= 0.6 is 11.3 Å². The van der Waals surface area contributed by atoms with E-state index < -0.39 is 4.92 Å². The Morgan fingerprint density at radius 1 is 1.21 bits per heavy atom. The van der Waals surface area contributed by atoms with Crippen LogP contribution in [-0.4, -0.2) is 20.2 Å². The van der Waals surface area contributed by atoms with E-state index in [0.717, 1.165) is 33.8 Å². The second-order valence-corrected chi connectivity index (χ2v) is 7.53. The summed E-state index contributed by atoms with van der Waals surface area (Å²) in [6.45, 7) is 2.02. The summed E-state index contributed by atoms with van der Waals surface area (Å²) in [5.41, 5.74) is 4.34. The molecule has 0 aliphatic carbocycles. The molecule has 29 heavy (non-hydrogen) atoms. The van der Waals surface area contributed by atoms with E-state index >= 15 is 0 Å². The van der Waals surface area contributed by atoms with Crippen molar-refractivity contribution in [3.63, 3.8) is 0 Å². The van der Waals surface area contributed by atoms with Gasteiger partial charge in [0.1, 0.15) is 5.65 Å². The van der Waals surface area contributed by atoms with Crippen LogP contribution < -0.4 is 5.32 Å². The van der Waals surface area contributed by atoms with Gasteiger partial charge >= 0.3 is 5.00 Å². The zero-order chi connectivity index (χ0) is 20.4. The number of thiophene rings is 1. The Balaban J connectivity index is 1.49. The monoisotopic (exact) mass is 404 g/mol. The van der Waals surface area contributed by atoms with Gasteiger partial charge in [0.15, 0.2) is 0 Å². The molecule has 4 rings (SSSR count). The summed E-state index contributed by atoms with van der Waals surface area (Å²) in [5.74, 6) is -0.316. The molecule has 0 radical (unpaired) electrons. The predicted octanol–water partition coefficient (Wildman–Crippen LogP) is 4.93. The predicted molar refractivity (Wildman–Crippen MR) is 114 cm³/mol. The molecule has 4 aromatic rings. The van der Waals surface area contributed by atoms with Gasteiger partial charge in [0.2, 0.25) is 5.91 Å². The maximum atomic E-state index is 12.2. The van der Waals surface area contributed by atoms with Gasteiger partial charge in [-0.1, -0.05) is 29.5 Å². The minimum Gasteiger partial charge on any atom is -0.322 e. The quantitative estimate of drug-likeness (QED) is 0.290. The van der Waals surface area contributed by atoms with Gasteiger partial charge in [-0.05, 0) is 42.8 Å². The maximum absolute atomic E-state index is 12.2. The average molecular weight is 404 g/mol. The highest BCUT2D eigenvalue weighted by Crippen LogP contribution is 2.25. The summed E-state index contributed by atoms with van der Waals surface area (Å²) in [6.07, 6.45) is 6.88. The lowest BCUT2D eigenvalue weighted by molar-refractivity contribution is -0.380. The van der Waals surface area contributed by atoms with E-state index in [-0.39, 0.29) is 10.9 Å². The standard InChI is InChI=1S/C21H16N4O3S/c1-14-5-8-19-23-18(13-24(19)12-14)15-3-2-4-16(11-15)22-20(26)9-6-17-7-10-21(29-17)25(27)28/h2-13H,1H3,(H,22,26)/b9-6+. The van der Waals surface area contributed by atoms with Crippen molar-refractivity contribution in [3.8, 4) is 11.3 Å². The number of nitro groups is 1. The molecule has 8 heteroatoms. The zero-order valence-corrected chi connectivity index (χ0v) is 16.2. The first kappa shape index (κ1) is 18.6. The fraction of sp³-hybridized carbons (Fsp3) is 0.0476. The summed E-state index contributed by atoms with van der Waals surface area (Å²) >= 11 is 1.02. The number of fused-ring (bicyclic) bond motifs is 1. The first-order chi connectivity index (χ1) is 14.0. The van der Waals surface area contributed by atoms with Crippen LogP contribution in [0.4, 0.5) is 10.7 Å². The van der Waals surface area contributed by atoms with Gasteiger partial charge in [0.25, 0.3) is 0 Å². The number of aromatic nitrogens is 2. The Labute approximate surface area is 170 Å². The minimum absolute atomic E-state index is 0.0420. The van der Waals surface area contributed by atoms with E-state index in [2.05, 4.69) is 10.3 Å². The molecule has 3 aromatic heterocycles. The molecule has 0 bridgehead atoms. The third-order valence-electron chi connectivity index (χ3n) is 4.22. The second-order valence-electron chi connectivity index (χ2n) is 6.43. The zero-order valence-electron chi connectivity index (χ0n) is 15.4. The van der Waals surface area contributed by atoms with Crippen LogP contribution in [0.2, 0.25) is 0 Å². The normalized spacial score (nSPS) is 11.2. The Bertz CT molecular complexity index is 1260. The highest BCUT2D eigenvalue weighted by molar-refractivity contribution is 7.16. The Morgan fingerprint density at radius 2 is 2.07 bits per heavy atom. The summed E-state index contributed by atoms with van der Waals surface area (Å²) in [5, 5.41) is 13.6. The number of pyridine rings is 1. The van der Waals surface area contributed by atoms with Crippen molar-refractivity contribution in [2.45, 2.75) is 6.92 Å². The number of imidazole rings is 1. The molecule has 0 aliphatic heterocycles. The molecule has 0 atom stereocenters. The number of anilines is 1. The molecule has 0 fully saturated rings. The number of nitrogens with one attached hydrogen (secondary N) is 1. The van der Waals surface area contributed by atoms with E-state index in [1.54, 1.807) is 18.2 Å². The number of hydrogen-bond acceptors (Lipinski definition) is 5. The van der Waals surface area contributed by atoms with E-state index in [4.69, 9.17) is 0 Å². The fourth-order valence-corrected chi connectivity index (χ4v) is 3.59. The van der Waals surface area contributed by atoms with Gasteiger partial charge in [0.05, 0.1) is 10.6 Å². The Kier molecular flexibility index (Phi) is 4.92. The van der Waals surface area contributed by atoms with Crippen molar-refractivity contribution in [1.29, 1.82) is 0 Å². The van der Waals surface area contributed by atoms with Crippen LogP contribution in [0.5, 0.6) is 0 Å². The first-order valence-corrected chi connectivity index (χ1v) is 9.59. The third kappa shape index (κ3) is 4.22. The topological polar surface area (TPSA) is 89.5 Å². The third-order valence-corrected chi connectivity index (χ3v) is 5.22. The number of carbonyl (C=O) groups is 1. The van der Waals surface area contributed by atoms with Gasteiger partial charge in [-0.3, -0.25) is 14.9 Å². The molecule has 0 saturated heterocycles. The van der Waals surface area contributed by atoms with Gasteiger partial charge < -0.3 is 9.72 Å². The summed E-state index contributed by atoms with van der Waals surface area (Å²) in [4.78, 5) is 27.7. The van der Waals surface area contributed by atoms with Gasteiger partial charge in [-0.2, -0.15) is 0 Å². The van der Waals surface area contributed by atoms with Crippen molar-refractivity contribution < 1.29 is 9.72 Å². The fourth-order valence-electron chi connectivity index (χ4n) is 2.87. The van der Waals surface area contributed by atoms with E-state index in [9.17, 15) is 14.9 Å². The van der Waals surface area contributed by atoms with Crippen molar-refractivity contribution in [1.82, 2.24) is 9.38 Å². The number of hydrogen-bond donors (Lipinski definition) is 1. The highest BCUT2D eigenvalue weighted by atomic mass is 32.1. The van der Waals surface area contributed by atoms with Crippen LogP contribution in [0.25, 0.3) is 23.0 Å². The first-order valence-electron chi connectivity index (χ1n) is 8.77. The lowest BCUT2D eigenvalue weighted by Gasteiger charge is -2.04. The molecule has 3 heterocycles. The number of aryl methyl sites for hydroxylation is 1. The second kappa shape index (κ2) is 7.69. The number of nitrogens with zero attached hydrogens (tertiary/aromatic N) is 3. The Morgan fingerprint density at radius 3 is 2.86 bits per heavy atom. The molecule has 144 valence electrons. The van der Waals surface area contributed by atoms with Gasteiger partial charge in [-0.25, -0.2) is 4.98 Å². The lowest BCUT2D eigenvalue weighted by atomic mass is 10.1. The smallest absolute Gasteiger partial charge is 0.322 e. The minimum atomic E-state index is -0.450. The Hall–Kier alpha value is -3.78. The van der Waals surface area contributed by atoms with Crippen molar-refractivity contribution >= 4 is 39.7 Å². The van der Waals surface area contributed by atoms with Crippen LogP contribution in [0.1, 0.15) is 10.4 Å². The van der Waals surface area contributed by atoms with Crippen molar-refractivity contribution in [2.75, 3.05) is 5.32 Å². The molecule has 0 spiro atoms. The van der Waals surface area contributed by atoms with Crippen molar-refractivity contribution in [2.24, 2.45) is 0 Å². The molecule has 7 nitrogen and oxygen atoms in total. The number of amides is 1. The lowest BCUT2D eigenvalue weighted by Crippen LogP contribution is -2.07. The van der Waals surface area contributed by atoms with E-state index in [0.29, 0.717) is 10.6 Å². The molecule has 1 amide bonds. The molecule has 0 unspecified atom stereocenters. The largest absolute Gasteiger partial charge is 0.324 e. The summed E-state index contributed by atoms with van der Waals surface area (Å²) in [7, 11) is 0. The average Bonchev–Trinajstić information content (AvgIpc) is 3.33. The van der Waals surface area contributed by atoms with E-state index in [1.165, 1.54) is 12.1 Å². The van der Waals surface area contributed by atoms with Gasteiger partial charge in [0, 0.05) is 40.7 Å². The number of benzene rings is 1. The van der Waals surface area contributed by atoms with Gasteiger partial charge in [-0.15, -0.1) is 0 Å². The summed E-state index contributed by atoms with van der Waals surface area (Å²) < 4.78 is 1.97. The van der Waals surface area contributed by atoms with Crippen LogP contribution in [0.3, 0.4) is 0 Å². The summed E-state index contributed by atoms with van der Waals surface area (Å²) in [6, 6.07) is 14.4. The number of carbonyl (C=O) groups excluding carboxylic acids is 1. The van der Waals surface area contributed by atoms with E-state index in [1.807, 2.05) is 54.0 Å². The molecule has 1 aromatic carbocycles. The molecular formula is C21H16N4O3S.